The van der Waals surface area contributed by atoms with Crippen LogP contribution in [-0.4, -0.2) is 36.7 Å². The van der Waals surface area contributed by atoms with Gasteiger partial charge in [-0.05, 0) is 48.4 Å². The Morgan fingerprint density at radius 1 is 1.16 bits per heavy atom. The highest BCUT2D eigenvalue weighted by atomic mass is 32.2. The average Bonchev–Trinajstić information content (AvgIpc) is 3.50. The summed E-state index contributed by atoms with van der Waals surface area (Å²) in [6.07, 6.45) is 3.02. The monoisotopic (exact) mass is 489 g/mol. The molecule has 0 radical (unpaired) electrons. The molecule has 1 amide bonds. The summed E-state index contributed by atoms with van der Waals surface area (Å²) < 4.78 is 27.4. The molecule has 1 N–H and O–H groups in total. The van der Waals surface area contributed by atoms with Crippen molar-refractivity contribution in [3.05, 3.63) is 58.4 Å². The molecular weight excluding hydrogens is 462 g/mol. The molecule has 1 saturated heterocycles. The zero-order chi connectivity index (χ0) is 22.6. The molecule has 1 aliphatic heterocycles. The standard InChI is InChI=1S/C23H27N3O3S3/c1-2-4-17-6-8-20(9-7-17)32(28,29)26-12-10-18(11-13-26)22(27)24-15-19-16-31-23(25-19)21-5-3-14-30-21/h3,5-9,14,16,18H,2,4,10-13,15H2,1H3,(H,24,27). The Labute approximate surface area is 197 Å². The summed E-state index contributed by atoms with van der Waals surface area (Å²) in [6, 6.07) is 11.2. The molecule has 3 aromatic rings. The number of aryl methyl sites for hydroxylation is 1. The first-order valence-electron chi connectivity index (χ1n) is 10.8. The fraction of sp³-hybridized carbons (Fsp3) is 0.391. The lowest BCUT2D eigenvalue weighted by Gasteiger charge is -2.30. The molecular formula is C23H27N3O3S3. The number of rotatable bonds is 8. The second-order valence-corrected chi connectivity index (χ2v) is 11.7. The predicted octanol–water partition coefficient (Wildman–Crippen LogP) is 4.54. The van der Waals surface area contributed by atoms with E-state index in [2.05, 4.69) is 17.2 Å². The zero-order valence-electron chi connectivity index (χ0n) is 18.0. The van der Waals surface area contributed by atoms with E-state index in [-0.39, 0.29) is 11.8 Å². The number of thiophene rings is 1. The molecule has 0 bridgehead atoms. The molecule has 0 aliphatic carbocycles. The molecule has 9 heteroatoms. The lowest BCUT2D eigenvalue weighted by molar-refractivity contribution is -0.126. The van der Waals surface area contributed by atoms with Crippen molar-refractivity contribution >= 4 is 38.6 Å². The number of sulfonamides is 1. The van der Waals surface area contributed by atoms with Gasteiger partial charge >= 0.3 is 0 Å². The molecule has 1 aliphatic rings. The van der Waals surface area contributed by atoms with Crippen LogP contribution in [0, 0.1) is 5.92 Å². The van der Waals surface area contributed by atoms with Gasteiger partial charge in [0.15, 0.2) is 0 Å². The van der Waals surface area contributed by atoms with Gasteiger partial charge in [0.25, 0.3) is 0 Å². The van der Waals surface area contributed by atoms with E-state index >= 15 is 0 Å². The third kappa shape index (κ3) is 5.28. The molecule has 4 rings (SSSR count). The van der Waals surface area contributed by atoms with Crippen LogP contribution in [0.4, 0.5) is 0 Å². The van der Waals surface area contributed by atoms with Gasteiger partial charge in [-0.15, -0.1) is 22.7 Å². The number of benzene rings is 1. The molecule has 1 fully saturated rings. The van der Waals surface area contributed by atoms with Crippen molar-refractivity contribution in [1.29, 1.82) is 0 Å². The summed E-state index contributed by atoms with van der Waals surface area (Å²) in [5.74, 6) is -0.208. The highest BCUT2D eigenvalue weighted by molar-refractivity contribution is 7.89. The van der Waals surface area contributed by atoms with Crippen molar-refractivity contribution in [3.8, 4) is 9.88 Å². The molecule has 0 saturated carbocycles. The maximum absolute atomic E-state index is 13.0. The number of hydrogen-bond donors (Lipinski definition) is 1. The van der Waals surface area contributed by atoms with E-state index in [0.29, 0.717) is 37.4 Å². The second-order valence-electron chi connectivity index (χ2n) is 7.91. The largest absolute Gasteiger partial charge is 0.350 e. The average molecular weight is 490 g/mol. The van der Waals surface area contributed by atoms with Gasteiger partial charge in [0.1, 0.15) is 5.01 Å². The van der Waals surface area contributed by atoms with E-state index in [1.165, 1.54) is 4.31 Å². The Morgan fingerprint density at radius 2 is 1.91 bits per heavy atom. The van der Waals surface area contributed by atoms with Crippen LogP contribution in [0.25, 0.3) is 9.88 Å². The third-order valence-corrected chi connectivity index (χ3v) is 9.50. The molecule has 6 nitrogen and oxygen atoms in total. The molecule has 170 valence electrons. The molecule has 32 heavy (non-hydrogen) atoms. The van der Waals surface area contributed by atoms with Crippen LogP contribution in [0.2, 0.25) is 0 Å². The number of nitrogens with one attached hydrogen (secondary N) is 1. The lowest BCUT2D eigenvalue weighted by Crippen LogP contribution is -2.42. The van der Waals surface area contributed by atoms with Gasteiger partial charge in [0.2, 0.25) is 15.9 Å². The van der Waals surface area contributed by atoms with E-state index in [4.69, 9.17) is 0 Å². The highest BCUT2D eigenvalue weighted by Crippen LogP contribution is 2.28. The van der Waals surface area contributed by atoms with Crippen molar-refractivity contribution in [2.45, 2.75) is 44.0 Å². The Hall–Kier alpha value is -2.07. The number of carbonyl (C=O) groups is 1. The lowest BCUT2D eigenvalue weighted by atomic mass is 9.97. The smallest absolute Gasteiger partial charge is 0.243 e. The van der Waals surface area contributed by atoms with E-state index in [1.807, 2.05) is 35.0 Å². The van der Waals surface area contributed by atoms with Crippen LogP contribution in [0.15, 0.2) is 52.1 Å². The minimum Gasteiger partial charge on any atom is -0.350 e. The number of hydrogen-bond acceptors (Lipinski definition) is 6. The predicted molar refractivity (Wildman–Crippen MR) is 129 cm³/mol. The first kappa shape index (κ1) is 23.1. The molecule has 0 spiro atoms. The van der Waals surface area contributed by atoms with Crippen LogP contribution < -0.4 is 5.32 Å². The number of aromatic nitrogens is 1. The van der Waals surface area contributed by atoms with Crippen LogP contribution in [0.3, 0.4) is 0 Å². The van der Waals surface area contributed by atoms with Crippen molar-refractivity contribution in [1.82, 2.24) is 14.6 Å². The van der Waals surface area contributed by atoms with Crippen LogP contribution in [0.5, 0.6) is 0 Å². The van der Waals surface area contributed by atoms with E-state index in [0.717, 1.165) is 34.0 Å². The van der Waals surface area contributed by atoms with Gasteiger partial charge in [-0.1, -0.05) is 31.5 Å². The van der Waals surface area contributed by atoms with E-state index in [1.54, 1.807) is 34.8 Å². The minimum absolute atomic E-state index is 0.0309. The summed E-state index contributed by atoms with van der Waals surface area (Å²) in [4.78, 5) is 18.7. The maximum Gasteiger partial charge on any atom is 0.243 e. The number of thiazole rings is 1. The number of amides is 1. The van der Waals surface area contributed by atoms with Gasteiger partial charge in [-0.3, -0.25) is 4.79 Å². The van der Waals surface area contributed by atoms with Gasteiger partial charge in [-0.2, -0.15) is 4.31 Å². The van der Waals surface area contributed by atoms with Crippen molar-refractivity contribution in [2.75, 3.05) is 13.1 Å². The summed E-state index contributed by atoms with van der Waals surface area (Å²) in [6.45, 7) is 3.21. The summed E-state index contributed by atoms with van der Waals surface area (Å²) in [5.41, 5.74) is 1.99. The highest BCUT2D eigenvalue weighted by Gasteiger charge is 2.32. The van der Waals surface area contributed by atoms with Crippen molar-refractivity contribution in [2.24, 2.45) is 5.92 Å². The van der Waals surface area contributed by atoms with Gasteiger partial charge in [-0.25, -0.2) is 13.4 Å². The maximum atomic E-state index is 13.0. The fourth-order valence-corrected chi connectivity index (χ4v) is 6.95. The van der Waals surface area contributed by atoms with E-state index in [9.17, 15) is 13.2 Å². The van der Waals surface area contributed by atoms with Gasteiger partial charge in [0.05, 0.1) is 22.0 Å². The summed E-state index contributed by atoms with van der Waals surface area (Å²) >= 11 is 3.22. The van der Waals surface area contributed by atoms with Crippen molar-refractivity contribution in [3.63, 3.8) is 0 Å². The summed E-state index contributed by atoms with van der Waals surface area (Å²) in [5, 5.41) is 7.92. The second kappa shape index (κ2) is 10.2. The number of carbonyl (C=O) groups excluding carboxylic acids is 1. The zero-order valence-corrected chi connectivity index (χ0v) is 20.4. The SMILES string of the molecule is CCCc1ccc(S(=O)(=O)N2CCC(C(=O)NCc3csc(-c4cccs4)n3)CC2)cc1. The Balaban J connectivity index is 1.28. The first-order valence-corrected chi connectivity index (χ1v) is 14.0. The van der Waals surface area contributed by atoms with Gasteiger partial charge < -0.3 is 5.32 Å². The summed E-state index contributed by atoms with van der Waals surface area (Å²) in [7, 11) is -3.52. The molecule has 0 unspecified atom stereocenters. The number of piperidine rings is 1. The van der Waals surface area contributed by atoms with Crippen LogP contribution in [0.1, 0.15) is 37.4 Å². The Kier molecular flexibility index (Phi) is 7.40. The quantitative estimate of drug-likeness (QED) is 0.504. The van der Waals surface area contributed by atoms with E-state index < -0.39 is 10.0 Å². The number of nitrogens with zero attached hydrogens (tertiary/aromatic N) is 2. The molecule has 2 aromatic heterocycles. The van der Waals surface area contributed by atoms with Crippen LogP contribution in [-0.2, 0) is 27.8 Å². The first-order chi connectivity index (χ1) is 15.5. The van der Waals surface area contributed by atoms with Crippen LogP contribution >= 0.6 is 22.7 Å². The van der Waals surface area contributed by atoms with Gasteiger partial charge in [0, 0.05) is 24.4 Å². The molecule has 3 heterocycles. The third-order valence-electron chi connectivity index (χ3n) is 5.65. The molecule has 0 atom stereocenters. The van der Waals surface area contributed by atoms with Crippen molar-refractivity contribution < 1.29 is 13.2 Å². The Bertz CT molecular complexity index is 1130. The minimum atomic E-state index is -3.52. The normalized spacial score (nSPS) is 15.7. The Morgan fingerprint density at radius 3 is 2.56 bits per heavy atom. The molecule has 1 aromatic carbocycles. The fourth-order valence-electron chi connectivity index (χ4n) is 3.85. The topological polar surface area (TPSA) is 79.4 Å².